The molecule has 1 N–H and O–H groups in total. The molecule has 0 spiro atoms. The molecule has 0 amide bonds. The molecule has 0 saturated heterocycles. The van der Waals surface area contributed by atoms with Crippen molar-refractivity contribution in [3.63, 3.8) is 0 Å². The Balaban J connectivity index is 2.15. The summed E-state index contributed by atoms with van der Waals surface area (Å²) in [6, 6.07) is 18.0. The van der Waals surface area contributed by atoms with Gasteiger partial charge in [0.25, 0.3) is 0 Å². The molecule has 0 aromatic heterocycles. The Hall–Kier alpha value is -1.38. The summed E-state index contributed by atoms with van der Waals surface area (Å²) < 4.78 is 0. The number of hydrogen-bond acceptors (Lipinski definition) is 1. The van der Waals surface area contributed by atoms with Gasteiger partial charge in [-0.2, -0.15) is 0 Å². The van der Waals surface area contributed by atoms with E-state index in [1.54, 1.807) is 0 Å². The third kappa shape index (κ3) is 5.36. The summed E-state index contributed by atoms with van der Waals surface area (Å²) in [6.07, 6.45) is 2.13. The average molecular weight is 397 g/mol. The van der Waals surface area contributed by atoms with E-state index < -0.39 is 8.32 Å². The van der Waals surface area contributed by atoms with Crippen LogP contribution in [-0.4, -0.2) is 13.1 Å². The second kappa shape index (κ2) is 7.80. The van der Waals surface area contributed by atoms with Gasteiger partial charge in [-0.05, 0) is 64.1 Å². The summed E-state index contributed by atoms with van der Waals surface area (Å²) in [5.41, 5.74) is 5.57. The van der Waals surface area contributed by atoms with E-state index in [1.165, 1.54) is 22.3 Å². The van der Waals surface area contributed by atoms with Crippen LogP contribution in [0.2, 0.25) is 18.1 Å². The lowest BCUT2D eigenvalue weighted by Crippen LogP contribution is -2.39. The summed E-state index contributed by atoms with van der Waals surface area (Å²) >= 11 is 0. The van der Waals surface area contributed by atoms with E-state index in [-0.39, 0.29) is 15.9 Å². The molecule has 0 radical (unpaired) electrons. The number of hydrogen-bond donors (Lipinski definition) is 1. The summed E-state index contributed by atoms with van der Waals surface area (Å²) in [5, 5.41) is 0.0268. The van der Waals surface area contributed by atoms with E-state index >= 15 is 0 Å². The predicted molar refractivity (Wildman–Crippen MR) is 127 cm³/mol. The molecule has 2 rings (SSSR count). The van der Waals surface area contributed by atoms with Gasteiger partial charge in [-0.3, -0.25) is 0 Å². The maximum atomic E-state index is 10.6. The van der Waals surface area contributed by atoms with Crippen LogP contribution in [0.3, 0.4) is 0 Å². The van der Waals surface area contributed by atoms with E-state index in [1.807, 2.05) is 0 Å². The van der Waals surface area contributed by atoms with Crippen molar-refractivity contribution >= 4 is 8.32 Å². The second-order valence-corrected chi connectivity index (χ2v) is 15.7. The molecule has 0 aliphatic carbocycles. The lowest BCUT2D eigenvalue weighted by molar-refractivity contribution is 0.385. The number of rotatable bonds is 6. The number of benzene rings is 2. The van der Waals surface area contributed by atoms with Crippen molar-refractivity contribution in [1.82, 2.24) is 0 Å². The quantitative estimate of drug-likeness (QED) is 0.496. The first-order valence-corrected chi connectivity index (χ1v) is 13.5. The largest absolute Gasteiger partial charge is 0.432 e. The first kappa shape index (κ1) is 22.9. The van der Waals surface area contributed by atoms with Crippen molar-refractivity contribution in [2.24, 2.45) is 0 Å². The van der Waals surface area contributed by atoms with Gasteiger partial charge in [0.05, 0.1) is 0 Å². The standard InChI is InChI=1S/C26H40OSi/c1-24(2,3)22-14-10-20(11-15-22)21-12-16-23(17-13-21)25(4,5)18-19-26(6,7)28(8,9)27/h10-17,27H,18-19H2,1-9H3. The van der Waals surface area contributed by atoms with Crippen molar-refractivity contribution in [1.29, 1.82) is 0 Å². The summed E-state index contributed by atoms with van der Waals surface area (Å²) in [5.74, 6) is 0. The molecule has 154 valence electrons. The highest BCUT2D eigenvalue weighted by atomic mass is 28.4. The van der Waals surface area contributed by atoms with Gasteiger partial charge in [0.2, 0.25) is 0 Å². The minimum atomic E-state index is -2.16. The zero-order chi connectivity index (χ0) is 21.4. The Morgan fingerprint density at radius 1 is 0.643 bits per heavy atom. The van der Waals surface area contributed by atoms with Crippen molar-refractivity contribution in [2.75, 3.05) is 0 Å². The molecule has 28 heavy (non-hydrogen) atoms. The minimum absolute atomic E-state index is 0.0268. The molecule has 0 saturated carbocycles. The topological polar surface area (TPSA) is 20.2 Å². The van der Waals surface area contributed by atoms with Crippen LogP contribution in [-0.2, 0) is 10.8 Å². The van der Waals surface area contributed by atoms with Gasteiger partial charge in [0, 0.05) is 0 Å². The molecule has 2 heteroatoms. The molecule has 0 aliphatic heterocycles. The lowest BCUT2D eigenvalue weighted by atomic mass is 9.78. The molecular weight excluding hydrogens is 356 g/mol. The van der Waals surface area contributed by atoms with Gasteiger partial charge < -0.3 is 4.80 Å². The fourth-order valence-electron chi connectivity index (χ4n) is 3.35. The van der Waals surface area contributed by atoms with Crippen molar-refractivity contribution in [2.45, 2.75) is 90.3 Å². The van der Waals surface area contributed by atoms with Crippen LogP contribution in [0.15, 0.2) is 48.5 Å². The van der Waals surface area contributed by atoms with Gasteiger partial charge >= 0.3 is 0 Å². The Morgan fingerprint density at radius 2 is 1.04 bits per heavy atom. The molecule has 2 aromatic rings. The Morgan fingerprint density at radius 3 is 1.39 bits per heavy atom. The van der Waals surface area contributed by atoms with Crippen molar-refractivity contribution in [3.05, 3.63) is 59.7 Å². The summed E-state index contributed by atoms with van der Waals surface area (Å²) in [4.78, 5) is 10.6. The monoisotopic (exact) mass is 396 g/mol. The van der Waals surface area contributed by atoms with E-state index in [0.29, 0.717) is 0 Å². The van der Waals surface area contributed by atoms with Crippen LogP contribution in [0.25, 0.3) is 11.1 Å². The fourth-order valence-corrected chi connectivity index (χ4v) is 4.09. The fraction of sp³-hybridized carbons (Fsp3) is 0.538. The molecule has 0 bridgehead atoms. The van der Waals surface area contributed by atoms with Crippen LogP contribution in [0, 0.1) is 0 Å². The SMILES string of the molecule is CC(C)(C)c1ccc(-c2ccc(C(C)(C)CCC(C)(C)[Si](C)(C)O)cc2)cc1. The highest BCUT2D eigenvalue weighted by molar-refractivity contribution is 6.72. The van der Waals surface area contributed by atoms with Gasteiger partial charge in [-0.25, -0.2) is 0 Å². The Labute approximate surface area is 174 Å². The zero-order valence-electron chi connectivity index (χ0n) is 19.5. The normalized spacial score (nSPS) is 13.6. The Bertz CT molecular complexity index is 769. The van der Waals surface area contributed by atoms with Gasteiger partial charge in [-0.15, -0.1) is 0 Å². The van der Waals surface area contributed by atoms with Crippen LogP contribution < -0.4 is 0 Å². The summed E-state index contributed by atoms with van der Waals surface area (Å²) in [6.45, 7) is 19.9. The summed E-state index contributed by atoms with van der Waals surface area (Å²) in [7, 11) is -2.16. The molecule has 2 aromatic carbocycles. The molecule has 0 unspecified atom stereocenters. The molecule has 0 aliphatic rings. The van der Waals surface area contributed by atoms with Gasteiger partial charge in [0.1, 0.15) is 0 Å². The van der Waals surface area contributed by atoms with E-state index in [9.17, 15) is 4.80 Å². The van der Waals surface area contributed by atoms with Crippen LogP contribution in [0.4, 0.5) is 0 Å². The molecule has 0 fully saturated rings. The first-order valence-electron chi connectivity index (χ1n) is 10.6. The Kier molecular flexibility index (Phi) is 6.38. The maximum absolute atomic E-state index is 10.6. The van der Waals surface area contributed by atoms with Gasteiger partial charge in [-0.1, -0.05) is 97.0 Å². The third-order valence-corrected chi connectivity index (χ3v) is 10.3. The molecule has 1 nitrogen and oxygen atoms in total. The van der Waals surface area contributed by atoms with Crippen LogP contribution >= 0.6 is 0 Å². The predicted octanol–water partition coefficient (Wildman–Crippen LogP) is 7.69. The zero-order valence-corrected chi connectivity index (χ0v) is 20.5. The van der Waals surface area contributed by atoms with Crippen LogP contribution in [0.5, 0.6) is 0 Å². The maximum Gasteiger partial charge on any atom is 0.188 e. The molecule has 0 atom stereocenters. The van der Waals surface area contributed by atoms with Crippen molar-refractivity contribution < 1.29 is 4.80 Å². The minimum Gasteiger partial charge on any atom is -0.432 e. The smallest absolute Gasteiger partial charge is 0.188 e. The first-order chi connectivity index (χ1) is 12.6. The average Bonchev–Trinajstić information content (AvgIpc) is 2.59. The molecular formula is C26H40OSi. The van der Waals surface area contributed by atoms with E-state index in [0.717, 1.165) is 12.8 Å². The van der Waals surface area contributed by atoms with Gasteiger partial charge in [0.15, 0.2) is 8.32 Å². The van der Waals surface area contributed by atoms with E-state index in [4.69, 9.17) is 0 Å². The van der Waals surface area contributed by atoms with Crippen molar-refractivity contribution in [3.8, 4) is 11.1 Å². The van der Waals surface area contributed by atoms with Crippen LogP contribution in [0.1, 0.15) is 72.4 Å². The highest BCUT2D eigenvalue weighted by Crippen LogP contribution is 2.43. The third-order valence-electron chi connectivity index (χ3n) is 6.78. The van der Waals surface area contributed by atoms with E-state index in [2.05, 4.69) is 110 Å². The second-order valence-electron chi connectivity index (χ2n) is 11.2. The lowest BCUT2D eigenvalue weighted by Gasteiger charge is -2.38. The molecule has 0 heterocycles. The highest BCUT2D eigenvalue weighted by Gasteiger charge is 2.39.